The van der Waals surface area contributed by atoms with Gasteiger partial charge in [0, 0.05) is 6.04 Å². The van der Waals surface area contributed by atoms with Crippen LogP contribution in [0.4, 0.5) is 0 Å². The van der Waals surface area contributed by atoms with Crippen molar-refractivity contribution in [1.29, 1.82) is 0 Å². The smallest absolute Gasteiger partial charge is 0.00645 e. The molecule has 0 amide bonds. The van der Waals surface area contributed by atoms with E-state index in [4.69, 9.17) is 5.73 Å². The molecule has 0 aromatic heterocycles. The van der Waals surface area contributed by atoms with Gasteiger partial charge in [0.15, 0.2) is 0 Å². The van der Waals surface area contributed by atoms with Crippen LogP contribution in [0.5, 0.6) is 0 Å². The molecule has 4 saturated carbocycles. The van der Waals surface area contributed by atoms with Gasteiger partial charge in [-0.05, 0) is 74.0 Å². The molecule has 1 nitrogen and oxygen atoms in total. The molecule has 0 heterocycles. The van der Waals surface area contributed by atoms with Crippen LogP contribution in [0.25, 0.3) is 0 Å². The Morgan fingerprint density at radius 1 is 0.938 bits per heavy atom. The summed E-state index contributed by atoms with van der Waals surface area (Å²) in [5.74, 6) is 5.11. The van der Waals surface area contributed by atoms with Crippen LogP contribution < -0.4 is 5.73 Å². The van der Waals surface area contributed by atoms with Gasteiger partial charge < -0.3 is 5.73 Å². The molecule has 0 aliphatic heterocycles. The summed E-state index contributed by atoms with van der Waals surface area (Å²) >= 11 is 0. The van der Waals surface area contributed by atoms with Crippen LogP contribution >= 0.6 is 0 Å². The second-order valence-electron chi connectivity index (χ2n) is 7.57. The van der Waals surface area contributed by atoms with E-state index in [9.17, 15) is 0 Å². The molecule has 4 aliphatic carbocycles. The molecule has 16 heavy (non-hydrogen) atoms. The molecular formula is C15H27N. The fourth-order valence-corrected chi connectivity index (χ4v) is 5.44. The van der Waals surface area contributed by atoms with Crippen LogP contribution in [0.3, 0.4) is 0 Å². The zero-order chi connectivity index (χ0) is 11.5. The van der Waals surface area contributed by atoms with Gasteiger partial charge in [-0.15, -0.1) is 0 Å². The van der Waals surface area contributed by atoms with Crippen molar-refractivity contribution in [3.05, 3.63) is 0 Å². The van der Waals surface area contributed by atoms with Crippen LogP contribution in [-0.4, -0.2) is 6.04 Å². The quantitative estimate of drug-likeness (QED) is 0.759. The summed E-state index contributed by atoms with van der Waals surface area (Å²) in [6.07, 6.45) is 7.64. The lowest BCUT2D eigenvalue weighted by molar-refractivity contribution is -0.0918. The Balaban J connectivity index is 1.86. The average molecular weight is 221 g/mol. The maximum Gasteiger partial charge on any atom is 0.00645 e. The molecule has 4 aliphatic rings. The molecule has 4 fully saturated rings. The molecule has 0 radical (unpaired) electrons. The van der Waals surface area contributed by atoms with Crippen molar-refractivity contribution in [2.75, 3.05) is 0 Å². The standard InChI is InChI=1S/C15H27N/c1-9(16)15(2,3)14-12-5-10-4-11(7-12)8-13(14)6-10/h9-14H,4-8,16H2,1-3H3. The lowest BCUT2D eigenvalue weighted by atomic mass is 9.46. The van der Waals surface area contributed by atoms with E-state index in [1.165, 1.54) is 25.7 Å². The molecule has 0 spiro atoms. The van der Waals surface area contributed by atoms with Gasteiger partial charge in [0.05, 0.1) is 0 Å². The van der Waals surface area contributed by atoms with Crippen molar-refractivity contribution in [2.45, 2.75) is 58.9 Å². The van der Waals surface area contributed by atoms with Gasteiger partial charge >= 0.3 is 0 Å². The first kappa shape index (κ1) is 11.1. The lowest BCUT2D eigenvalue weighted by Gasteiger charge is -2.59. The summed E-state index contributed by atoms with van der Waals surface area (Å²) in [5, 5.41) is 0. The molecule has 1 heteroatoms. The van der Waals surface area contributed by atoms with Gasteiger partial charge in [-0.25, -0.2) is 0 Å². The molecule has 1 unspecified atom stereocenters. The van der Waals surface area contributed by atoms with Crippen molar-refractivity contribution in [3.63, 3.8) is 0 Å². The summed E-state index contributed by atoms with van der Waals surface area (Å²) in [7, 11) is 0. The first-order chi connectivity index (χ1) is 7.48. The maximum absolute atomic E-state index is 6.25. The first-order valence-corrected chi connectivity index (χ1v) is 7.24. The van der Waals surface area contributed by atoms with Gasteiger partial charge in [-0.3, -0.25) is 0 Å². The summed E-state index contributed by atoms with van der Waals surface area (Å²) in [6.45, 7) is 7.06. The zero-order valence-electron chi connectivity index (χ0n) is 11.1. The van der Waals surface area contributed by atoms with Crippen molar-refractivity contribution >= 4 is 0 Å². The van der Waals surface area contributed by atoms with E-state index in [0.717, 1.165) is 29.6 Å². The zero-order valence-corrected chi connectivity index (χ0v) is 11.1. The molecule has 92 valence electrons. The number of hydrogen-bond acceptors (Lipinski definition) is 1. The Labute approximate surface area is 100 Å². The minimum absolute atomic E-state index is 0.343. The topological polar surface area (TPSA) is 26.0 Å². The summed E-state index contributed by atoms with van der Waals surface area (Å²) in [5.41, 5.74) is 6.60. The molecule has 0 aromatic carbocycles. The Bertz CT molecular complexity index is 251. The van der Waals surface area contributed by atoms with E-state index in [2.05, 4.69) is 20.8 Å². The summed E-state index contributed by atoms with van der Waals surface area (Å²) in [6, 6.07) is 0.343. The van der Waals surface area contributed by atoms with Gasteiger partial charge in [0.2, 0.25) is 0 Å². The van der Waals surface area contributed by atoms with Gasteiger partial charge in [0.25, 0.3) is 0 Å². The highest BCUT2D eigenvalue weighted by molar-refractivity contribution is 5.03. The van der Waals surface area contributed by atoms with Gasteiger partial charge in [0.1, 0.15) is 0 Å². The highest BCUT2D eigenvalue weighted by Gasteiger charge is 2.53. The number of nitrogens with two attached hydrogens (primary N) is 1. The second kappa shape index (κ2) is 3.48. The first-order valence-electron chi connectivity index (χ1n) is 7.24. The number of hydrogen-bond donors (Lipinski definition) is 1. The highest BCUT2D eigenvalue weighted by Crippen LogP contribution is 2.61. The van der Waals surface area contributed by atoms with Gasteiger partial charge in [-0.1, -0.05) is 13.8 Å². The molecule has 4 rings (SSSR count). The normalized spacial score (nSPS) is 48.4. The third kappa shape index (κ3) is 1.47. The Kier molecular flexibility index (Phi) is 2.41. The predicted octanol–water partition coefficient (Wildman–Crippen LogP) is 3.43. The SMILES string of the molecule is CC(N)C(C)(C)C1C2CC3CC(C2)CC1C3. The van der Waals surface area contributed by atoms with Crippen molar-refractivity contribution < 1.29 is 0 Å². The van der Waals surface area contributed by atoms with E-state index in [1.54, 1.807) is 6.42 Å². The van der Waals surface area contributed by atoms with Crippen LogP contribution in [0.2, 0.25) is 0 Å². The fraction of sp³-hybridized carbons (Fsp3) is 1.00. The molecular weight excluding hydrogens is 194 g/mol. The molecule has 1 atom stereocenters. The third-order valence-corrected chi connectivity index (χ3v) is 6.26. The monoisotopic (exact) mass is 221 g/mol. The largest absolute Gasteiger partial charge is 0.327 e. The van der Waals surface area contributed by atoms with Crippen molar-refractivity contribution in [1.82, 2.24) is 0 Å². The van der Waals surface area contributed by atoms with E-state index in [1.807, 2.05) is 0 Å². The molecule has 0 saturated heterocycles. The Morgan fingerprint density at radius 3 is 1.75 bits per heavy atom. The third-order valence-electron chi connectivity index (χ3n) is 6.26. The Morgan fingerprint density at radius 2 is 1.38 bits per heavy atom. The van der Waals surface area contributed by atoms with Crippen LogP contribution in [-0.2, 0) is 0 Å². The fourth-order valence-electron chi connectivity index (χ4n) is 5.44. The minimum Gasteiger partial charge on any atom is -0.327 e. The second-order valence-corrected chi connectivity index (χ2v) is 7.57. The van der Waals surface area contributed by atoms with Crippen LogP contribution in [0.1, 0.15) is 52.9 Å². The van der Waals surface area contributed by atoms with Crippen LogP contribution in [0, 0.1) is 35.0 Å². The van der Waals surface area contributed by atoms with E-state index in [-0.39, 0.29) is 0 Å². The summed E-state index contributed by atoms with van der Waals surface area (Å²) in [4.78, 5) is 0. The number of rotatable bonds is 2. The lowest BCUT2D eigenvalue weighted by Crippen LogP contribution is -2.54. The molecule has 2 N–H and O–H groups in total. The van der Waals surface area contributed by atoms with Crippen molar-refractivity contribution in [2.24, 2.45) is 40.7 Å². The predicted molar refractivity (Wildman–Crippen MR) is 68.0 cm³/mol. The summed E-state index contributed by atoms with van der Waals surface area (Å²) < 4.78 is 0. The molecule has 4 bridgehead atoms. The maximum atomic E-state index is 6.25. The van der Waals surface area contributed by atoms with E-state index >= 15 is 0 Å². The van der Waals surface area contributed by atoms with E-state index < -0.39 is 0 Å². The van der Waals surface area contributed by atoms with E-state index in [0.29, 0.717) is 11.5 Å². The van der Waals surface area contributed by atoms with Crippen LogP contribution in [0.15, 0.2) is 0 Å². The highest BCUT2D eigenvalue weighted by atomic mass is 14.7. The molecule has 0 aromatic rings. The Hall–Kier alpha value is -0.0400. The average Bonchev–Trinajstić information content (AvgIpc) is 2.14. The van der Waals surface area contributed by atoms with Crippen molar-refractivity contribution in [3.8, 4) is 0 Å². The van der Waals surface area contributed by atoms with Gasteiger partial charge in [-0.2, -0.15) is 0 Å². The minimum atomic E-state index is 0.343.